The number of nitrogens with zero attached hydrogens (tertiary/aromatic N) is 5. The molecule has 1 fully saturated rings. The van der Waals surface area contributed by atoms with Crippen LogP contribution in [-0.2, 0) is 4.74 Å². The number of anilines is 1. The van der Waals surface area contributed by atoms with Crippen molar-refractivity contribution in [1.29, 1.82) is 5.26 Å². The number of pyridine rings is 1. The van der Waals surface area contributed by atoms with E-state index >= 15 is 0 Å². The van der Waals surface area contributed by atoms with Crippen molar-refractivity contribution >= 4 is 22.7 Å². The standard InChI is InChI=1S/C23H31N5O2/c1-17-16-28(20-9-8-18(15-24)21-19(20)7-6-10-25-21)14-13-27(17)12-11-26(5)22(29)30-23(2,3)4/h6-10,17H,11-14,16H2,1-5H3/t17-/m1/s1. The zero-order valence-electron chi connectivity index (χ0n) is 18.6. The van der Waals surface area contributed by atoms with Crippen LogP contribution in [0.25, 0.3) is 10.9 Å². The summed E-state index contributed by atoms with van der Waals surface area (Å²) in [6, 6.07) is 10.4. The summed E-state index contributed by atoms with van der Waals surface area (Å²) < 4.78 is 5.43. The van der Waals surface area contributed by atoms with Gasteiger partial charge in [-0.3, -0.25) is 9.88 Å². The van der Waals surface area contributed by atoms with Gasteiger partial charge in [-0.05, 0) is 52.0 Å². The van der Waals surface area contributed by atoms with E-state index < -0.39 is 5.60 Å². The summed E-state index contributed by atoms with van der Waals surface area (Å²) in [5.41, 5.74) is 2.00. The number of likely N-dealkylation sites (N-methyl/N-ethyl adjacent to an activating group) is 1. The fourth-order valence-corrected chi connectivity index (χ4v) is 3.78. The summed E-state index contributed by atoms with van der Waals surface area (Å²) in [7, 11) is 1.78. The van der Waals surface area contributed by atoms with Gasteiger partial charge in [0.2, 0.25) is 0 Å². The van der Waals surface area contributed by atoms with E-state index in [0.717, 1.165) is 42.8 Å². The van der Waals surface area contributed by atoms with Crippen LogP contribution in [0.3, 0.4) is 0 Å². The van der Waals surface area contributed by atoms with Gasteiger partial charge in [0.25, 0.3) is 0 Å². The van der Waals surface area contributed by atoms with Crippen molar-refractivity contribution in [1.82, 2.24) is 14.8 Å². The molecule has 1 amide bonds. The van der Waals surface area contributed by atoms with Gasteiger partial charge in [-0.15, -0.1) is 0 Å². The van der Waals surface area contributed by atoms with E-state index in [1.54, 1.807) is 18.1 Å². The van der Waals surface area contributed by atoms with Gasteiger partial charge >= 0.3 is 6.09 Å². The van der Waals surface area contributed by atoms with E-state index in [-0.39, 0.29) is 6.09 Å². The summed E-state index contributed by atoms with van der Waals surface area (Å²) in [6.45, 7) is 12.0. The highest BCUT2D eigenvalue weighted by molar-refractivity contribution is 5.95. The largest absolute Gasteiger partial charge is 0.444 e. The van der Waals surface area contributed by atoms with Gasteiger partial charge in [0.1, 0.15) is 11.7 Å². The average Bonchev–Trinajstić information content (AvgIpc) is 2.70. The lowest BCUT2D eigenvalue weighted by atomic mass is 10.1. The highest BCUT2D eigenvalue weighted by Crippen LogP contribution is 2.29. The Bertz CT molecular complexity index is 947. The van der Waals surface area contributed by atoms with Gasteiger partial charge in [-0.25, -0.2) is 4.79 Å². The third kappa shape index (κ3) is 5.00. The van der Waals surface area contributed by atoms with Crippen LogP contribution in [0.2, 0.25) is 0 Å². The first-order valence-corrected chi connectivity index (χ1v) is 10.4. The number of carbonyl (C=O) groups excluding carboxylic acids is 1. The number of hydrogen-bond donors (Lipinski definition) is 0. The monoisotopic (exact) mass is 409 g/mol. The molecule has 160 valence electrons. The minimum absolute atomic E-state index is 0.287. The summed E-state index contributed by atoms with van der Waals surface area (Å²) in [6.07, 6.45) is 1.44. The molecule has 1 aliphatic rings. The van der Waals surface area contributed by atoms with Crippen molar-refractivity contribution < 1.29 is 9.53 Å². The SMILES string of the molecule is C[C@@H]1CN(c2ccc(C#N)c3ncccc23)CCN1CCN(C)C(=O)OC(C)(C)C. The minimum atomic E-state index is -0.483. The van der Waals surface area contributed by atoms with Gasteiger partial charge in [0.05, 0.1) is 11.1 Å². The lowest BCUT2D eigenvalue weighted by Crippen LogP contribution is -2.53. The second-order valence-corrected chi connectivity index (χ2v) is 8.88. The van der Waals surface area contributed by atoms with Gasteiger partial charge in [0, 0.05) is 63.1 Å². The minimum Gasteiger partial charge on any atom is -0.444 e. The molecule has 0 unspecified atom stereocenters. The molecule has 0 aliphatic carbocycles. The maximum atomic E-state index is 12.2. The Kier molecular flexibility index (Phi) is 6.47. The molecule has 1 aromatic heterocycles. The molecule has 0 N–H and O–H groups in total. The predicted molar refractivity (Wildman–Crippen MR) is 119 cm³/mol. The quantitative estimate of drug-likeness (QED) is 0.770. The molecule has 0 radical (unpaired) electrons. The van der Waals surface area contributed by atoms with E-state index in [1.807, 2.05) is 45.0 Å². The molecule has 2 aromatic rings. The van der Waals surface area contributed by atoms with E-state index in [0.29, 0.717) is 18.2 Å². The molecular weight excluding hydrogens is 378 g/mol. The van der Waals surface area contributed by atoms with Gasteiger partial charge < -0.3 is 14.5 Å². The molecule has 7 nitrogen and oxygen atoms in total. The Balaban J connectivity index is 1.63. The lowest BCUT2D eigenvalue weighted by Gasteiger charge is -2.41. The molecule has 30 heavy (non-hydrogen) atoms. The number of aromatic nitrogens is 1. The van der Waals surface area contributed by atoms with Gasteiger partial charge in [-0.1, -0.05) is 0 Å². The van der Waals surface area contributed by atoms with Crippen molar-refractivity contribution in [3.05, 3.63) is 36.0 Å². The molecule has 1 aromatic carbocycles. The number of ether oxygens (including phenoxy) is 1. The Labute approximate surface area is 178 Å². The van der Waals surface area contributed by atoms with Crippen molar-refractivity contribution in [3.8, 4) is 6.07 Å². The van der Waals surface area contributed by atoms with Crippen LogP contribution < -0.4 is 4.90 Å². The second kappa shape index (κ2) is 8.88. The molecule has 3 rings (SSSR count). The van der Waals surface area contributed by atoms with Crippen LogP contribution in [0.15, 0.2) is 30.5 Å². The highest BCUT2D eigenvalue weighted by atomic mass is 16.6. The van der Waals surface area contributed by atoms with Crippen LogP contribution >= 0.6 is 0 Å². The number of fused-ring (bicyclic) bond motifs is 1. The normalized spacial score (nSPS) is 17.6. The number of benzene rings is 1. The number of hydrogen-bond acceptors (Lipinski definition) is 6. The Morgan fingerprint density at radius 1 is 1.33 bits per heavy atom. The van der Waals surface area contributed by atoms with E-state index in [2.05, 4.69) is 27.8 Å². The topological polar surface area (TPSA) is 72.7 Å². The van der Waals surface area contributed by atoms with Crippen molar-refractivity contribution in [2.24, 2.45) is 0 Å². The first-order valence-electron chi connectivity index (χ1n) is 10.4. The van der Waals surface area contributed by atoms with Crippen molar-refractivity contribution in [2.75, 3.05) is 44.7 Å². The summed E-state index contributed by atoms with van der Waals surface area (Å²) in [5.74, 6) is 0. The van der Waals surface area contributed by atoms with Crippen LogP contribution in [0, 0.1) is 11.3 Å². The summed E-state index contributed by atoms with van der Waals surface area (Å²) in [4.78, 5) is 23.0. The number of nitriles is 1. The molecule has 1 atom stereocenters. The average molecular weight is 410 g/mol. The first-order chi connectivity index (χ1) is 14.2. The number of piperazine rings is 1. The molecule has 7 heteroatoms. The molecule has 0 spiro atoms. The van der Waals surface area contributed by atoms with Crippen LogP contribution in [-0.4, -0.2) is 72.3 Å². The van der Waals surface area contributed by atoms with Gasteiger partial charge in [-0.2, -0.15) is 5.26 Å². The molecule has 0 bridgehead atoms. The fraction of sp³-hybridized carbons (Fsp3) is 0.522. The number of carbonyl (C=O) groups is 1. The Morgan fingerprint density at radius 2 is 2.10 bits per heavy atom. The van der Waals surface area contributed by atoms with Crippen LogP contribution in [0.4, 0.5) is 10.5 Å². The van der Waals surface area contributed by atoms with Gasteiger partial charge in [0.15, 0.2) is 0 Å². The molecule has 1 aliphatic heterocycles. The zero-order valence-corrected chi connectivity index (χ0v) is 18.6. The Hall–Kier alpha value is -2.85. The third-order valence-electron chi connectivity index (χ3n) is 5.40. The lowest BCUT2D eigenvalue weighted by molar-refractivity contribution is 0.0273. The van der Waals surface area contributed by atoms with Crippen LogP contribution in [0.1, 0.15) is 33.3 Å². The van der Waals surface area contributed by atoms with Crippen molar-refractivity contribution in [3.63, 3.8) is 0 Å². The maximum absolute atomic E-state index is 12.2. The first kappa shape index (κ1) is 21.8. The zero-order chi connectivity index (χ0) is 21.9. The molecular formula is C23H31N5O2. The molecule has 2 heterocycles. The number of amides is 1. The summed E-state index contributed by atoms with van der Waals surface area (Å²) in [5, 5.41) is 10.4. The Morgan fingerprint density at radius 3 is 2.77 bits per heavy atom. The van der Waals surface area contributed by atoms with E-state index in [4.69, 9.17) is 4.74 Å². The van der Waals surface area contributed by atoms with Crippen molar-refractivity contribution in [2.45, 2.75) is 39.3 Å². The summed E-state index contributed by atoms with van der Waals surface area (Å²) >= 11 is 0. The third-order valence-corrected chi connectivity index (χ3v) is 5.40. The molecule has 0 saturated carbocycles. The van der Waals surface area contributed by atoms with Crippen LogP contribution in [0.5, 0.6) is 0 Å². The van der Waals surface area contributed by atoms with E-state index in [9.17, 15) is 10.1 Å². The maximum Gasteiger partial charge on any atom is 0.410 e. The molecule has 1 saturated heterocycles. The van der Waals surface area contributed by atoms with E-state index in [1.165, 1.54) is 0 Å². The smallest absolute Gasteiger partial charge is 0.410 e. The highest BCUT2D eigenvalue weighted by Gasteiger charge is 2.26. The predicted octanol–water partition coefficient (Wildman–Crippen LogP) is 3.48. The second-order valence-electron chi connectivity index (χ2n) is 8.88. The fourth-order valence-electron chi connectivity index (χ4n) is 3.78. The number of rotatable bonds is 4.